The number of hydrogen-bond donors (Lipinski definition) is 0. The third kappa shape index (κ3) is 3.12. The largest absolute Gasteiger partial charge is 0.490 e. The molecule has 1 aliphatic rings. The molecule has 1 atom stereocenters. The number of aryl methyl sites for hydroxylation is 1. The molecule has 109 valence electrons. The molecule has 0 N–H and O–H groups in total. The van der Waals surface area contributed by atoms with Crippen molar-refractivity contribution in [3.8, 4) is 5.75 Å². The summed E-state index contributed by atoms with van der Waals surface area (Å²) >= 11 is 0. The molecule has 1 aromatic rings. The fourth-order valence-electron chi connectivity index (χ4n) is 2.57. The Morgan fingerprint density at radius 3 is 2.90 bits per heavy atom. The Balaban J connectivity index is 2.35. The van der Waals surface area contributed by atoms with E-state index in [4.69, 9.17) is 14.2 Å². The van der Waals surface area contributed by atoms with Crippen LogP contribution in [-0.4, -0.2) is 33.4 Å². The number of fused-ring (bicyclic) bond motifs is 1. The predicted molar refractivity (Wildman–Crippen MR) is 75.3 cm³/mol. The van der Waals surface area contributed by atoms with Gasteiger partial charge in [0.1, 0.15) is 17.9 Å². The molecule has 1 unspecified atom stereocenters. The van der Waals surface area contributed by atoms with Gasteiger partial charge >= 0.3 is 5.97 Å². The average Bonchev–Trinajstić information content (AvgIpc) is 2.47. The van der Waals surface area contributed by atoms with Crippen molar-refractivity contribution in [3.63, 3.8) is 0 Å². The van der Waals surface area contributed by atoms with Gasteiger partial charge in [-0.2, -0.15) is 0 Å². The molecule has 1 radical (unpaired) electrons. The summed E-state index contributed by atoms with van der Waals surface area (Å²) < 4.78 is 15.5. The van der Waals surface area contributed by atoms with Gasteiger partial charge in [0, 0.05) is 13.2 Å². The van der Waals surface area contributed by atoms with Gasteiger partial charge in [0.05, 0.1) is 13.7 Å². The maximum Gasteiger partial charge on any atom is 0.342 e. The fraction of sp³-hybridized carbons (Fsp3) is 0.562. The summed E-state index contributed by atoms with van der Waals surface area (Å²) in [5.41, 5.74) is 2.73. The van der Waals surface area contributed by atoms with E-state index < -0.39 is 5.97 Å². The monoisotopic (exact) mass is 277 g/mol. The van der Waals surface area contributed by atoms with E-state index in [9.17, 15) is 4.79 Å². The minimum Gasteiger partial charge on any atom is -0.490 e. The molecule has 4 heteroatoms. The lowest BCUT2D eigenvalue weighted by Gasteiger charge is -2.24. The van der Waals surface area contributed by atoms with Gasteiger partial charge < -0.3 is 14.2 Å². The summed E-state index contributed by atoms with van der Waals surface area (Å²) in [5.74, 6) is 0.617. The maximum atomic E-state index is 11.9. The van der Waals surface area contributed by atoms with E-state index >= 15 is 0 Å². The number of rotatable bonds is 5. The molecule has 1 aromatic carbocycles. The van der Waals surface area contributed by atoms with E-state index in [0.717, 1.165) is 24.8 Å². The third-order valence-corrected chi connectivity index (χ3v) is 3.69. The van der Waals surface area contributed by atoms with Crippen LogP contribution >= 0.6 is 0 Å². The molecule has 0 fully saturated rings. The Hall–Kier alpha value is -1.55. The smallest absolute Gasteiger partial charge is 0.342 e. The Bertz CT molecular complexity index is 482. The van der Waals surface area contributed by atoms with E-state index in [0.29, 0.717) is 30.4 Å². The Labute approximate surface area is 120 Å². The lowest BCUT2D eigenvalue weighted by Crippen LogP contribution is -2.14. The molecule has 0 bridgehead atoms. The van der Waals surface area contributed by atoms with Crippen molar-refractivity contribution in [3.05, 3.63) is 28.8 Å². The Morgan fingerprint density at radius 2 is 2.20 bits per heavy atom. The van der Waals surface area contributed by atoms with Crippen LogP contribution in [0, 0.1) is 6.07 Å². The molecule has 4 nitrogen and oxygen atoms in total. The van der Waals surface area contributed by atoms with Gasteiger partial charge in [0.15, 0.2) is 0 Å². The van der Waals surface area contributed by atoms with Crippen LogP contribution in [-0.2, 0) is 15.9 Å². The predicted octanol–water partition coefficient (Wildman–Crippen LogP) is 2.74. The maximum absolute atomic E-state index is 11.9. The van der Waals surface area contributed by atoms with Crippen molar-refractivity contribution in [2.24, 2.45) is 0 Å². The molecule has 0 aliphatic heterocycles. The van der Waals surface area contributed by atoms with Gasteiger partial charge in [-0.05, 0) is 42.4 Å². The molecule has 20 heavy (non-hydrogen) atoms. The number of methoxy groups -OCH3 is 2. The highest BCUT2D eigenvalue weighted by Crippen LogP contribution is 2.35. The zero-order chi connectivity index (χ0) is 14.5. The lowest BCUT2D eigenvalue weighted by molar-refractivity contribution is 0.0593. The topological polar surface area (TPSA) is 44.8 Å². The molecule has 0 heterocycles. The van der Waals surface area contributed by atoms with Gasteiger partial charge in [-0.25, -0.2) is 4.79 Å². The number of carbonyl (C=O) groups excluding carboxylic acids is 1. The van der Waals surface area contributed by atoms with Gasteiger partial charge in [-0.1, -0.05) is 6.92 Å². The van der Waals surface area contributed by atoms with Crippen molar-refractivity contribution in [1.82, 2.24) is 0 Å². The van der Waals surface area contributed by atoms with Gasteiger partial charge in [-0.15, -0.1) is 0 Å². The summed E-state index contributed by atoms with van der Waals surface area (Å²) in [6.07, 6.45) is 3.26. The van der Waals surface area contributed by atoms with E-state index in [1.807, 2.05) is 6.07 Å². The number of benzene rings is 1. The SMILES string of the molecule is COCCOc1cc2c([c]c1C(=O)OC)CCCC2C. The standard InChI is InChI=1S/C16H21O4/c1-11-5-4-6-12-9-14(16(17)19-3)15(10-13(11)12)20-8-7-18-2/h10-11H,4-8H2,1-3H3. The number of carbonyl (C=O) groups is 1. The molecular formula is C16H21O4. The molecule has 0 aromatic heterocycles. The summed E-state index contributed by atoms with van der Waals surface area (Å²) in [4.78, 5) is 11.9. The first-order chi connectivity index (χ1) is 9.67. The molecule has 1 aliphatic carbocycles. The average molecular weight is 277 g/mol. The Kier molecular flexibility index (Phi) is 5.01. The normalized spacial score (nSPS) is 17.4. The third-order valence-electron chi connectivity index (χ3n) is 3.69. The zero-order valence-electron chi connectivity index (χ0n) is 12.3. The van der Waals surface area contributed by atoms with Crippen molar-refractivity contribution < 1.29 is 19.0 Å². The summed E-state index contributed by atoms with van der Waals surface area (Å²) in [6.45, 7) is 3.08. The van der Waals surface area contributed by atoms with Crippen LogP contribution in [0.2, 0.25) is 0 Å². The van der Waals surface area contributed by atoms with Crippen LogP contribution in [0.3, 0.4) is 0 Å². The van der Waals surface area contributed by atoms with Gasteiger partial charge in [0.25, 0.3) is 0 Å². The Morgan fingerprint density at radius 1 is 1.40 bits per heavy atom. The second kappa shape index (κ2) is 6.75. The van der Waals surface area contributed by atoms with E-state index in [2.05, 4.69) is 13.0 Å². The molecular weight excluding hydrogens is 256 g/mol. The molecule has 0 saturated heterocycles. The van der Waals surface area contributed by atoms with Crippen LogP contribution < -0.4 is 4.74 Å². The molecule has 0 saturated carbocycles. The van der Waals surface area contributed by atoms with E-state index in [-0.39, 0.29) is 0 Å². The van der Waals surface area contributed by atoms with Crippen LogP contribution in [0.25, 0.3) is 0 Å². The minimum absolute atomic E-state index is 0.386. The van der Waals surface area contributed by atoms with E-state index in [1.165, 1.54) is 12.7 Å². The van der Waals surface area contributed by atoms with Crippen LogP contribution in [0.5, 0.6) is 5.75 Å². The zero-order valence-corrected chi connectivity index (χ0v) is 12.3. The van der Waals surface area contributed by atoms with Gasteiger partial charge in [0.2, 0.25) is 0 Å². The molecule has 0 spiro atoms. The first-order valence-electron chi connectivity index (χ1n) is 6.96. The van der Waals surface area contributed by atoms with Crippen LogP contribution in [0.15, 0.2) is 6.07 Å². The number of ether oxygens (including phenoxy) is 3. The number of hydrogen-bond acceptors (Lipinski definition) is 4. The minimum atomic E-state index is -0.404. The highest BCUT2D eigenvalue weighted by atomic mass is 16.5. The second-order valence-corrected chi connectivity index (χ2v) is 5.07. The van der Waals surface area contributed by atoms with Crippen molar-refractivity contribution in [1.29, 1.82) is 0 Å². The lowest BCUT2D eigenvalue weighted by atomic mass is 9.83. The summed E-state index contributed by atoms with van der Waals surface area (Å²) in [7, 11) is 2.99. The van der Waals surface area contributed by atoms with Gasteiger partial charge in [-0.3, -0.25) is 0 Å². The van der Waals surface area contributed by atoms with Crippen LogP contribution in [0.4, 0.5) is 0 Å². The molecule has 0 amide bonds. The number of esters is 1. The fourth-order valence-corrected chi connectivity index (χ4v) is 2.57. The molecule has 2 rings (SSSR count). The first-order valence-corrected chi connectivity index (χ1v) is 6.96. The van der Waals surface area contributed by atoms with Crippen molar-refractivity contribution >= 4 is 5.97 Å². The van der Waals surface area contributed by atoms with Crippen molar-refractivity contribution in [2.45, 2.75) is 32.1 Å². The summed E-state index contributed by atoms with van der Waals surface area (Å²) in [6, 6.07) is 5.17. The van der Waals surface area contributed by atoms with Crippen LogP contribution in [0.1, 0.15) is 47.2 Å². The first kappa shape index (κ1) is 14.9. The second-order valence-electron chi connectivity index (χ2n) is 5.07. The quantitative estimate of drug-likeness (QED) is 0.613. The summed E-state index contributed by atoms with van der Waals surface area (Å²) in [5, 5.41) is 0. The van der Waals surface area contributed by atoms with Crippen molar-refractivity contribution in [2.75, 3.05) is 27.4 Å². The van der Waals surface area contributed by atoms with E-state index in [1.54, 1.807) is 7.11 Å². The highest BCUT2D eigenvalue weighted by molar-refractivity contribution is 5.92. The highest BCUT2D eigenvalue weighted by Gasteiger charge is 2.23.